The molecule has 1 amide bonds. The van der Waals surface area contributed by atoms with E-state index in [0.717, 1.165) is 24.2 Å². The number of rotatable bonds is 5. The van der Waals surface area contributed by atoms with Gasteiger partial charge in [-0.05, 0) is 36.6 Å². The van der Waals surface area contributed by atoms with Crippen LogP contribution in [0.25, 0.3) is 5.65 Å². The van der Waals surface area contributed by atoms with Crippen LogP contribution >= 0.6 is 0 Å². The van der Waals surface area contributed by atoms with E-state index in [-0.39, 0.29) is 5.91 Å². The van der Waals surface area contributed by atoms with Gasteiger partial charge in [-0.1, -0.05) is 12.1 Å². The molecule has 0 bridgehead atoms. The lowest BCUT2D eigenvalue weighted by atomic mass is 10.2. The minimum Gasteiger partial charge on any atom is -0.497 e. The average Bonchev–Trinajstić information content (AvgIpc) is 3.38. The van der Waals surface area contributed by atoms with Gasteiger partial charge in [0.25, 0.3) is 5.91 Å². The molecular formula is C18H18N4O2. The van der Waals surface area contributed by atoms with Crippen molar-refractivity contribution >= 4 is 11.6 Å². The molecule has 4 rings (SSSR count). The normalized spacial score (nSPS) is 13.9. The summed E-state index contributed by atoms with van der Waals surface area (Å²) in [5.74, 6) is 0.803. The van der Waals surface area contributed by atoms with Gasteiger partial charge in [0.1, 0.15) is 11.3 Å². The summed E-state index contributed by atoms with van der Waals surface area (Å²) in [5, 5.41) is 4.22. The Balaban J connectivity index is 1.61. The zero-order valence-electron chi connectivity index (χ0n) is 13.4. The van der Waals surface area contributed by atoms with Crippen molar-refractivity contribution in [2.45, 2.75) is 25.4 Å². The number of methoxy groups -OCH3 is 1. The maximum atomic E-state index is 13.0. The SMILES string of the molecule is COc1ccc(CN(C(=O)c2cnn3cccnc23)C2CC2)cc1. The largest absolute Gasteiger partial charge is 0.497 e. The monoisotopic (exact) mass is 322 g/mol. The van der Waals surface area contributed by atoms with Crippen molar-refractivity contribution in [1.82, 2.24) is 19.5 Å². The number of benzene rings is 1. The molecule has 0 aliphatic heterocycles. The molecule has 6 nitrogen and oxygen atoms in total. The van der Waals surface area contributed by atoms with Gasteiger partial charge in [-0.15, -0.1) is 0 Å². The lowest BCUT2D eigenvalue weighted by Gasteiger charge is -2.22. The van der Waals surface area contributed by atoms with Crippen LogP contribution < -0.4 is 4.74 Å². The van der Waals surface area contributed by atoms with Gasteiger partial charge in [0.2, 0.25) is 0 Å². The Kier molecular flexibility index (Phi) is 3.65. The van der Waals surface area contributed by atoms with Gasteiger partial charge in [-0.25, -0.2) is 9.50 Å². The molecule has 1 aliphatic carbocycles. The lowest BCUT2D eigenvalue weighted by Crippen LogP contribution is -2.32. The second-order valence-corrected chi connectivity index (χ2v) is 5.96. The highest BCUT2D eigenvalue weighted by Gasteiger charge is 2.34. The fourth-order valence-corrected chi connectivity index (χ4v) is 2.81. The highest BCUT2D eigenvalue weighted by molar-refractivity contribution is 5.99. The fraction of sp³-hybridized carbons (Fsp3) is 0.278. The van der Waals surface area contributed by atoms with E-state index in [0.29, 0.717) is 23.8 Å². The molecule has 0 N–H and O–H groups in total. The Labute approximate surface area is 139 Å². The molecule has 1 aliphatic rings. The Morgan fingerprint density at radius 3 is 2.83 bits per heavy atom. The summed E-state index contributed by atoms with van der Waals surface area (Å²) in [6, 6.07) is 9.93. The number of aromatic nitrogens is 3. The summed E-state index contributed by atoms with van der Waals surface area (Å²) < 4.78 is 6.82. The Morgan fingerprint density at radius 1 is 1.33 bits per heavy atom. The van der Waals surface area contributed by atoms with Gasteiger partial charge in [-0.3, -0.25) is 4.79 Å². The van der Waals surface area contributed by atoms with E-state index in [9.17, 15) is 4.79 Å². The van der Waals surface area contributed by atoms with Crippen LogP contribution in [-0.4, -0.2) is 38.6 Å². The number of carbonyl (C=O) groups is 1. The van der Waals surface area contributed by atoms with Crippen molar-refractivity contribution in [2.24, 2.45) is 0 Å². The first-order valence-electron chi connectivity index (χ1n) is 7.98. The summed E-state index contributed by atoms with van der Waals surface area (Å²) in [6.45, 7) is 0.581. The van der Waals surface area contributed by atoms with E-state index in [2.05, 4.69) is 10.1 Å². The highest BCUT2D eigenvalue weighted by Crippen LogP contribution is 2.30. The molecule has 0 unspecified atom stereocenters. The van der Waals surface area contributed by atoms with Crippen LogP contribution in [0.15, 0.2) is 48.9 Å². The summed E-state index contributed by atoms with van der Waals surface area (Å²) in [4.78, 5) is 19.3. The summed E-state index contributed by atoms with van der Waals surface area (Å²) in [6.07, 6.45) is 7.18. The molecule has 0 saturated heterocycles. The van der Waals surface area contributed by atoms with Gasteiger partial charge in [0.15, 0.2) is 5.65 Å². The summed E-state index contributed by atoms with van der Waals surface area (Å²) in [7, 11) is 1.65. The van der Waals surface area contributed by atoms with Crippen LogP contribution in [0.1, 0.15) is 28.8 Å². The smallest absolute Gasteiger partial charge is 0.259 e. The van der Waals surface area contributed by atoms with Crippen LogP contribution in [0.5, 0.6) is 5.75 Å². The predicted molar refractivity (Wildman–Crippen MR) is 88.9 cm³/mol. The van der Waals surface area contributed by atoms with Gasteiger partial charge < -0.3 is 9.64 Å². The first kappa shape index (κ1) is 14.7. The fourth-order valence-electron chi connectivity index (χ4n) is 2.81. The first-order chi connectivity index (χ1) is 11.8. The minimum atomic E-state index is -0.0120. The molecule has 1 saturated carbocycles. The molecular weight excluding hydrogens is 304 g/mol. The molecule has 2 aromatic heterocycles. The molecule has 3 aromatic rings. The lowest BCUT2D eigenvalue weighted by molar-refractivity contribution is 0.0731. The maximum Gasteiger partial charge on any atom is 0.259 e. The quantitative estimate of drug-likeness (QED) is 0.724. The Morgan fingerprint density at radius 2 is 2.12 bits per heavy atom. The number of nitrogens with zero attached hydrogens (tertiary/aromatic N) is 4. The molecule has 2 heterocycles. The van der Waals surface area contributed by atoms with Crippen molar-refractivity contribution in [3.05, 3.63) is 60.0 Å². The molecule has 122 valence electrons. The zero-order valence-corrected chi connectivity index (χ0v) is 13.4. The highest BCUT2D eigenvalue weighted by atomic mass is 16.5. The second kappa shape index (κ2) is 5.96. The molecule has 1 fully saturated rings. The van der Waals surface area contributed by atoms with E-state index in [4.69, 9.17) is 4.74 Å². The van der Waals surface area contributed by atoms with Crippen molar-refractivity contribution in [3.63, 3.8) is 0 Å². The summed E-state index contributed by atoms with van der Waals surface area (Å²) >= 11 is 0. The molecule has 6 heteroatoms. The Hall–Kier alpha value is -2.89. The average molecular weight is 322 g/mol. The van der Waals surface area contributed by atoms with Gasteiger partial charge in [-0.2, -0.15) is 5.10 Å². The molecule has 0 radical (unpaired) electrons. The van der Waals surface area contributed by atoms with E-state index in [1.165, 1.54) is 0 Å². The van der Waals surface area contributed by atoms with E-state index < -0.39 is 0 Å². The second-order valence-electron chi connectivity index (χ2n) is 5.96. The molecule has 1 aromatic carbocycles. The zero-order chi connectivity index (χ0) is 16.5. The number of ether oxygens (including phenoxy) is 1. The standard InChI is InChI=1S/C18H18N4O2/c1-24-15-7-3-13(4-8-15)12-21(14-5-6-14)18(23)16-11-20-22-10-2-9-19-17(16)22/h2-4,7-11,14H,5-6,12H2,1H3. The Bertz CT molecular complexity index is 868. The van der Waals surface area contributed by atoms with Gasteiger partial charge in [0.05, 0.1) is 13.3 Å². The van der Waals surface area contributed by atoms with E-state index >= 15 is 0 Å². The third-order valence-electron chi connectivity index (χ3n) is 4.27. The van der Waals surface area contributed by atoms with Crippen LogP contribution in [-0.2, 0) is 6.54 Å². The van der Waals surface area contributed by atoms with E-state index in [1.54, 1.807) is 36.3 Å². The molecule has 24 heavy (non-hydrogen) atoms. The van der Waals surface area contributed by atoms with Crippen molar-refractivity contribution in [1.29, 1.82) is 0 Å². The minimum absolute atomic E-state index is 0.0120. The number of hydrogen-bond donors (Lipinski definition) is 0. The number of fused-ring (bicyclic) bond motifs is 1. The van der Waals surface area contributed by atoms with Crippen LogP contribution in [0, 0.1) is 0 Å². The van der Waals surface area contributed by atoms with Crippen LogP contribution in [0.4, 0.5) is 0 Å². The third kappa shape index (κ3) is 2.71. The van der Waals surface area contributed by atoms with Gasteiger partial charge >= 0.3 is 0 Å². The van der Waals surface area contributed by atoms with Crippen molar-refractivity contribution in [2.75, 3.05) is 7.11 Å². The van der Waals surface area contributed by atoms with Gasteiger partial charge in [0, 0.05) is 25.0 Å². The first-order valence-corrected chi connectivity index (χ1v) is 7.98. The predicted octanol–water partition coefficient (Wildman–Crippen LogP) is 2.54. The topological polar surface area (TPSA) is 59.7 Å². The van der Waals surface area contributed by atoms with Crippen molar-refractivity contribution in [3.8, 4) is 5.75 Å². The maximum absolute atomic E-state index is 13.0. The number of amides is 1. The van der Waals surface area contributed by atoms with Crippen LogP contribution in [0.3, 0.4) is 0 Å². The van der Waals surface area contributed by atoms with Crippen LogP contribution in [0.2, 0.25) is 0 Å². The van der Waals surface area contributed by atoms with E-state index in [1.807, 2.05) is 29.2 Å². The molecule has 0 spiro atoms. The third-order valence-corrected chi connectivity index (χ3v) is 4.27. The number of carbonyl (C=O) groups excluding carboxylic acids is 1. The number of hydrogen-bond acceptors (Lipinski definition) is 4. The van der Waals surface area contributed by atoms with Crippen molar-refractivity contribution < 1.29 is 9.53 Å². The molecule has 0 atom stereocenters. The summed E-state index contributed by atoms with van der Waals surface area (Å²) in [5.41, 5.74) is 2.24.